The van der Waals surface area contributed by atoms with Crippen LogP contribution in [-0.2, 0) is 9.53 Å². The Morgan fingerprint density at radius 3 is 2.54 bits per heavy atom. The molecule has 0 spiro atoms. The number of nitrogens with one attached hydrogen (secondary N) is 2. The van der Waals surface area contributed by atoms with Crippen molar-refractivity contribution < 1.29 is 14.3 Å². The van der Waals surface area contributed by atoms with Gasteiger partial charge >= 0.3 is 5.97 Å². The third kappa shape index (κ3) is 5.15. The van der Waals surface area contributed by atoms with Crippen molar-refractivity contribution in [3.63, 3.8) is 0 Å². The monoisotopic (exact) mass is 366 g/mol. The Kier molecular flexibility index (Phi) is 6.46. The summed E-state index contributed by atoms with van der Waals surface area (Å²) in [6, 6.07) is 11.8. The van der Waals surface area contributed by atoms with E-state index in [1.807, 2.05) is 6.07 Å². The normalized spacial score (nSPS) is 10.1. The van der Waals surface area contributed by atoms with Crippen molar-refractivity contribution in [2.45, 2.75) is 6.42 Å². The molecule has 0 saturated heterocycles. The van der Waals surface area contributed by atoms with Crippen LogP contribution in [0.15, 0.2) is 42.5 Å². The Labute approximate surface area is 149 Å². The predicted molar refractivity (Wildman–Crippen MR) is 96.0 cm³/mol. The van der Waals surface area contributed by atoms with Crippen LogP contribution in [0.3, 0.4) is 0 Å². The molecule has 0 saturated carbocycles. The maximum atomic E-state index is 11.9. The van der Waals surface area contributed by atoms with E-state index in [9.17, 15) is 9.59 Å². The summed E-state index contributed by atoms with van der Waals surface area (Å²) < 4.78 is 4.67. The Hall–Kier alpha value is -2.24. The van der Waals surface area contributed by atoms with Crippen LogP contribution in [0.1, 0.15) is 16.8 Å². The number of benzene rings is 2. The van der Waals surface area contributed by atoms with E-state index in [1.165, 1.54) is 7.11 Å². The smallest absolute Gasteiger partial charge is 0.337 e. The van der Waals surface area contributed by atoms with Gasteiger partial charge in [-0.2, -0.15) is 0 Å². The van der Waals surface area contributed by atoms with E-state index >= 15 is 0 Å². The largest absolute Gasteiger partial charge is 0.465 e. The number of methoxy groups -OCH3 is 1. The molecular weight excluding hydrogens is 351 g/mol. The van der Waals surface area contributed by atoms with Gasteiger partial charge in [0.2, 0.25) is 5.91 Å². The lowest BCUT2D eigenvalue weighted by Gasteiger charge is -2.09. The molecule has 0 aliphatic carbocycles. The van der Waals surface area contributed by atoms with Gasteiger partial charge in [0.25, 0.3) is 0 Å². The van der Waals surface area contributed by atoms with E-state index in [0.717, 1.165) is 5.69 Å². The van der Waals surface area contributed by atoms with Crippen molar-refractivity contribution >= 4 is 46.5 Å². The number of esters is 1. The lowest BCUT2D eigenvalue weighted by molar-refractivity contribution is -0.115. The number of anilines is 2. The van der Waals surface area contributed by atoms with Crippen molar-refractivity contribution in [3.8, 4) is 0 Å². The molecule has 2 aromatic rings. The molecule has 24 heavy (non-hydrogen) atoms. The molecule has 5 nitrogen and oxygen atoms in total. The maximum Gasteiger partial charge on any atom is 0.337 e. The van der Waals surface area contributed by atoms with Gasteiger partial charge in [-0.15, -0.1) is 0 Å². The Bertz CT molecular complexity index is 750. The van der Waals surface area contributed by atoms with Crippen LogP contribution in [-0.4, -0.2) is 25.5 Å². The number of halogens is 2. The summed E-state index contributed by atoms with van der Waals surface area (Å²) in [7, 11) is 1.33. The topological polar surface area (TPSA) is 67.4 Å². The highest BCUT2D eigenvalue weighted by atomic mass is 35.5. The zero-order valence-corrected chi connectivity index (χ0v) is 14.4. The van der Waals surface area contributed by atoms with Gasteiger partial charge in [-0.1, -0.05) is 29.3 Å². The summed E-state index contributed by atoms with van der Waals surface area (Å²) >= 11 is 11.7. The quantitative estimate of drug-likeness (QED) is 0.751. The highest BCUT2D eigenvalue weighted by Crippen LogP contribution is 2.25. The summed E-state index contributed by atoms with van der Waals surface area (Å²) in [5, 5.41) is 6.64. The van der Waals surface area contributed by atoms with Gasteiger partial charge in [0.1, 0.15) is 0 Å². The van der Waals surface area contributed by atoms with E-state index < -0.39 is 5.97 Å². The first kappa shape index (κ1) is 18.1. The van der Waals surface area contributed by atoms with Gasteiger partial charge in [-0.3, -0.25) is 4.79 Å². The molecule has 0 aromatic heterocycles. The van der Waals surface area contributed by atoms with Crippen LogP contribution < -0.4 is 10.6 Å². The van der Waals surface area contributed by atoms with E-state index in [-0.39, 0.29) is 12.3 Å². The molecule has 2 aromatic carbocycles. The molecule has 0 heterocycles. The SMILES string of the molecule is COC(=O)c1cccc(NCCC(=O)Nc2ccc(Cl)c(Cl)c2)c1. The van der Waals surface area contributed by atoms with Crippen molar-refractivity contribution in [2.24, 2.45) is 0 Å². The van der Waals surface area contributed by atoms with Crippen LogP contribution in [0.5, 0.6) is 0 Å². The molecule has 0 fully saturated rings. The maximum absolute atomic E-state index is 11.9. The van der Waals surface area contributed by atoms with E-state index in [2.05, 4.69) is 15.4 Å². The molecule has 0 aliphatic heterocycles. The van der Waals surface area contributed by atoms with Gasteiger partial charge < -0.3 is 15.4 Å². The van der Waals surface area contributed by atoms with Crippen LogP contribution in [0, 0.1) is 0 Å². The molecule has 2 rings (SSSR count). The molecule has 0 radical (unpaired) electrons. The number of hydrogen-bond donors (Lipinski definition) is 2. The highest BCUT2D eigenvalue weighted by molar-refractivity contribution is 6.42. The van der Waals surface area contributed by atoms with Gasteiger partial charge in [0.15, 0.2) is 0 Å². The van der Waals surface area contributed by atoms with Crippen LogP contribution >= 0.6 is 23.2 Å². The van der Waals surface area contributed by atoms with E-state index in [4.69, 9.17) is 23.2 Å². The van der Waals surface area contributed by atoms with Gasteiger partial charge in [0.05, 0.1) is 22.7 Å². The standard InChI is InChI=1S/C17H16Cl2N2O3/c1-24-17(23)11-3-2-4-12(9-11)20-8-7-16(22)21-13-5-6-14(18)15(19)10-13/h2-6,9-10,20H,7-8H2,1H3,(H,21,22). The third-order valence-electron chi connectivity index (χ3n) is 3.17. The fraction of sp³-hybridized carbons (Fsp3) is 0.176. The molecule has 0 bridgehead atoms. The zero-order valence-electron chi connectivity index (χ0n) is 12.9. The number of carbonyl (C=O) groups excluding carboxylic acids is 2. The third-order valence-corrected chi connectivity index (χ3v) is 3.91. The summed E-state index contributed by atoms with van der Waals surface area (Å²) in [5.74, 6) is -0.568. The summed E-state index contributed by atoms with van der Waals surface area (Å²) in [5.41, 5.74) is 1.77. The minimum atomic E-state index is -0.406. The van der Waals surface area contributed by atoms with Crippen molar-refractivity contribution in [1.29, 1.82) is 0 Å². The lowest BCUT2D eigenvalue weighted by Crippen LogP contribution is -2.16. The Morgan fingerprint density at radius 2 is 1.83 bits per heavy atom. The molecule has 1 amide bonds. The second-order valence-corrected chi connectivity index (χ2v) is 5.74. The van der Waals surface area contributed by atoms with Crippen molar-refractivity contribution in [1.82, 2.24) is 0 Å². The minimum Gasteiger partial charge on any atom is -0.465 e. The average Bonchev–Trinajstić information content (AvgIpc) is 2.57. The molecule has 0 unspecified atom stereocenters. The number of rotatable bonds is 6. The molecule has 0 aliphatic rings. The molecule has 0 atom stereocenters. The Balaban J connectivity index is 1.84. The first-order valence-corrected chi connectivity index (χ1v) is 7.92. The molecule has 7 heteroatoms. The molecular formula is C17H16Cl2N2O3. The van der Waals surface area contributed by atoms with Crippen LogP contribution in [0.4, 0.5) is 11.4 Å². The minimum absolute atomic E-state index is 0.162. The highest BCUT2D eigenvalue weighted by Gasteiger charge is 2.07. The number of carbonyl (C=O) groups is 2. The average molecular weight is 367 g/mol. The van der Waals surface area contributed by atoms with E-state index in [1.54, 1.807) is 36.4 Å². The fourth-order valence-corrected chi connectivity index (χ4v) is 2.29. The first-order valence-electron chi connectivity index (χ1n) is 7.17. The zero-order chi connectivity index (χ0) is 17.5. The second-order valence-electron chi connectivity index (χ2n) is 4.93. The number of ether oxygens (including phenoxy) is 1. The Morgan fingerprint density at radius 1 is 1.04 bits per heavy atom. The van der Waals surface area contributed by atoms with Crippen molar-refractivity contribution in [3.05, 3.63) is 58.1 Å². The predicted octanol–water partition coefficient (Wildman–Crippen LogP) is 4.22. The first-order chi connectivity index (χ1) is 11.5. The van der Waals surface area contributed by atoms with Gasteiger partial charge in [-0.05, 0) is 36.4 Å². The van der Waals surface area contributed by atoms with Gasteiger partial charge in [-0.25, -0.2) is 4.79 Å². The summed E-state index contributed by atoms with van der Waals surface area (Å²) in [6.45, 7) is 0.414. The van der Waals surface area contributed by atoms with E-state index in [0.29, 0.717) is 27.8 Å². The second kappa shape index (κ2) is 8.57. The van der Waals surface area contributed by atoms with Crippen molar-refractivity contribution in [2.75, 3.05) is 24.3 Å². The summed E-state index contributed by atoms with van der Waals surface area (Å²) in [6.07, 6.45) is 0.253. The van der Waals surface area contributed by atoms with Crippen LogP contribution in [0.25, 0.3) is 0 Å². The van der Waals surface area contributed by atoms with Gasteiger partial charge in [0, 0.05) is 24.3 Å². The molecule has 126 valence electrons. The fourth-order valence-electron chi connectivity index (χ4n) is 1.99. The number of amides is 1. The summed E-state index contributed by atoms with van der Waals surface area (Å²) in [4.78, 5) is 23.4. The molecule has 2 N–H and O–H groups in total. The lowest BCUT2D eigenvalue weighted by atomic mass is 10.2. The number of hydrogen-bond acceptors (Lipinski definition) is 4. The van der Waals surface area contributed by atoms with Crippen LogP contribution in [0.2, 0.25) is 10.0 Å².